The second-order valence-corrected chi connectivity index (χ2v) is 7.66. The van der Waals surface area contributed by atoms with Crippen LogP contribution in [0.25, 0.3) is 5.70 Å². The van der Waals surface area contributed by atoms with E-state index < -0.39 is 0 Å². The molecule has 1 N–H and O–H groups in total. The van der Waals surface area contributed by atoms with Crippen molar-refractivity contribution < 1.29 is 0 Å². The van der Waals surface area contributed by atoms with E-state index in [1.165, 1.54) is 12.8 Å². The van der Waals surface area contributed by atoms with Gasteiger partial charge in [-0.25, -0.2) is 15.0 Å². The van der Waals surface area contributed by atoms with Crippen LogP contribution in [0.2, 0.25) is 5.02 Å². The summed E-state index contributed by atoms with van der Waals surface area (Å²) in [5.74, 6) is 1.68. The van der Waals surface area contributed by atoms with Crippen molar-refractivity contribution in [3.05, 3.63) is 46.4 Å². The highest BCUT2D eigenvalue weighted by Crippen LogP contribution is 2.31. The lowest BCUT2D eigenvalue weighted by molar-refractivity contribution is 0.697. The molecule has 3 aliphatic rings. The molecule has 5 rings (SSSR count). The Labute approximate surface area is 163 Å². The number of rotatable bonds is 4. The minimum absolute atomic E-state index is 0.566. The van der Waals surface area contributed by atoms with Crippen LogP contribution in [0.4, 0.5) is 11.8 Å². The summed E-state index contributed by atoms with van der Waals surface area (Å²) in [5, 5.41) is 4.02. The molecule has 1 saturated carbocycles. The molecule has 2 aliphatic heterocycles. The maximum Gasteiger partial charge on any atom is 0.223 e. The van der Waals surface area contributed by atoms with Gasteiger partial charge in [0.15, 0.2) is 0 Å². The molecule has 2 aromatic heterocycles. The molecule has 6 nitrogen and oxygen atoms in total. The van der Waals surface area contributed by atoms with Gasteiger partial charge in [-0.05, 0) is 31.7 Å². The first kappa shape index (κ1) is 16.7. The first-order valence-corrected chi connectivity index (χ1v) is 9.89. The van der Waals surface area contributed by atoms with Gasteiger partial charge in [0.2, 0.25) is 5.95 Å². The van der Waals surface area contributed by atoms with Gasteiger partial charge in [0.05, 0.1) is 16.4 Å². The van der Waals surface area contributed by atoms with Gasteiger partial charge < -0.3 is 10.2 Å². The van der Waals surface area contributed by atoms with Gasteiger partial charge in [0, 0.05) is 55.3 Å². The van der Waals surface area contributed by atoms with Crippen LogP contribution in [-0.4, -0.2) is 33.8 Å². The SMILES string of the molecule is Clc1cnc(N2CCc3nc(NC4CC4)ncc3C2)cc1C1=CCCC=N1. The van der Waals surface area contributed by atoms with Crippen LogP contribution in [-0.2, 0) is 13.0 Å². The quantitative estimate of drug-likeness (QED) is 0.872. The lowest BCUT2D eigenvalue weighted by atomic mass is 10.1. The molecule has 0 bridgehead atoms. The number of aliphatic imine (C=N–C) groups is 1. The fourth-order valence-electron chi connectivity index (χ4n) is 3.48. The average molecular weight is 381 g/mol. The molecule has 1 aliphatic carbocycles. The smallest absolute Gasteiger partial charge is 0.223 e. The van der Waals surface area contributed by atoms with Gasteiger partial charge in [0.1, 0.15) is 5.82 Å². The predicted molar refractivity (Wildman–Crippen MR) is 108 cm³/mol. The van der Waals surface area contributed by atoms with Gasteiger partial charge in [0.25, 0.3) is 0 Å². The molecule has 4 heterocycles. The molecule has 2 aromatic rings. The van der Waals surface area contributed by atoms with Crippen molar-refractivity contribution in [2.24, 2.45) is 4.99 Å². The Morgan fingerprint density at radius 1 is 1.15 bits per heavy atom. The number of fused-ring (bicyclic) bond motifs is 1. The van der Waals surface area contributed by atoms with Crippen molar-refractivity contribution in [2.45, 2.75) is 44.7 Å². The molecule has 0 saturated heterocycles. The van der Waals surface area contributed by atoms with Gasteiger partial charge in [-0.1, -0.05) is 17.7 Å². The summed E-state index contributed by atoms with van der Waals surface area (Å²) in [6, 6.07) is 2.61. The van der Waals surface area contributed by atoms with Gasteiger partial charge in [-0.2, -0.15) is 0 Å². The fraction of sp³-hybridized carbons (Fsp3) is 0.400. The zero-order chi connectivity index (χ0) is 18.2. The van der Waals surface area contributed by atoms with E-state index in [0.717, 1.165) is 66.6 Å². The molecule has 138 valence electrons. The molecule has 0 radical (unpaired) electrons. The molecule has 1 fully saturated rings. The molecular weight excluding hydrogens is 360 g/mol. The van der Waals surface area contributed by atoms with Crippen LogP contribution in [0.1, 0.15) is 42.5 Å². The van der Waals surface area contributed by atoms with E-state index in [1.54, 1.807) is 6.20 Å². The maximum atomic E-state index is 6.39. The minimum atomic E-state index is 0.566. The molecule has 27 heavy (non-hydrogen) atoms. The normalized spacial score (nSPS) is 18.9. The van der Waals surface area contributed by atoms with Crippen molar-refractivity contribution in [2.75, 3.05) is 16.8 Å². The van der Waals surface area contributed by atoms with E-state index in [2.05, 4.69) is 31.3 Å². The summed E-state index contributed by atoms with van der Waals surface area (Å²) in [6.45, 7) is 1.64. The van der Waals surface area contributed by atoms with Crippen LogP contribution in [0, 0.1) is 0 Å². The molecule has 0 unspecified atom stereocenters. The van der Waals surface area contributed by atoms with Crippen LogP contribution in [0.3, 0.4) is 0 Å². The predicted octanol–water partition coefficient (Wildman–Crippen LogP) is 3.87. The molecule has 0 aromatic carbocycles. The number of hydrogen-bond donors (Lipinski definition) is 1. The number of nitrogens with one attached hydrogen (secondary N) is 1. The third-order valence-electron chi connectivity index (χ3n) is 5.15. The topological polar surface area (TPSA) is 66.3 Å². The monoisotopic (exact) mass is 380 g/mol. The number of pyridine rings is 1. The molecule has 0 spiro atoms. The zero-order valence-corrected chi connectivity index (χ0v) is 15.8. The summed E-state index contributed by atoms with van der Waals surface area (Å²) in [6.07, 6.45) is 13.1. The molecule has 0 atom stereocenters. The third kappa shape index (κ3) is 3.54. The average Bonchev–Trinajstić information content (AvgIpc) is 3.53. The second kappa shape index (κ2) is 6.93. The standard InChI is InChI=1S/C20H21ClN6/c21-16-11-23-19(9-15(16)18-3-1-2-7-22-18)27-8-6-17-13(12-27)10-24-20(26-17)25-14-4-5-14/h3,7,9-11,14H,1-2,4-6,8,12H2,(H,24,25,26). The Kier molecular flexibility index (Phi) is 4.28. The number of aromatic nitrogens is 3. The van der Waals surface area contributed by atoms with E-state index in [9.17, 15) is 0 Å². The van der Waals surface area contributed by atoms with Crippen LogP contribution >= 0.6 is 11.6 Å². The lowest BCUT2D eigenvalue weighted by Gasteiger charge is -2.29. The fourth-order valence-corrected chi connectivity index (χ4v) is 3.68. The van der Waals surface area contributed by atoms with Crippen molar-refractivity contribution >= 4 is 35.3 Å². The van der Waals surface area contributed by atoms with Crippen LogP contribution in [0.15, 0.2) is 29.5 Å². The highest BCUT2D eigenvalue weighted by molar-refractivity contribution is 6.32. The van der Waals surface area contributed by atoms with Crippen molar-refractivity contribution in [3.8, 4) is 0 Å². The Morgan fingerprint density at radius 3 is 2.89 bits per heavy atom. The van der Waals surface area contributed by atoms with Crippen molar-refractivity contribution in [1.29, 1.82) is 0 Å². The molecular formula is C20H21ClN6. The largest absolute Gasteiger partial charge is 0.352 e. The Balaban J connectivity index is 1.38. The maximum absolute atomic E-state index is 6.39. The number of halogens is 1. The first-order chi connectivity index (χ1) is 13.3. The van der Waals surface area contributed by atoms with Crippen molar-refractivity contribution in [3.63, 3.8) is 0 Å². The highest BCUT2D eigenvalue weighted by Gasteiger charge is 2.24. The van der Waals surface area contributed by atoms with E-state index in [4.69, 9.17) is 16.6 Å². The lowest BCUT2D eigenvalue weighted by Crippen LogP contribution is -2.32. The number of hydrogen-bond acceptors (Lipinski definition) is 6. The summed E-state index contributed by atoms with van der Waals surface area (Å²) >= 11 is 6.39. The van der Waals surface area contributed by atoms with Crippen LogP contribution < -0.4 is 10.2 Å². The van der Waals surface area contributed by atoms with E-state index in [-0.39, 0.29) is 0 Å². The Morgan fingerprint density at radius 2 is 2.07 bits per heavy atom. The van der Waals surface area contributed by atoms with E-state index in [1.807, 2.05) is 18.5 Å². The second-order valence-electron chi connectivity index (χ2n) is 7.26. The number of anilines is 2. The summed E-state index contributed by atoms with van der Waals surface area (Å²) in [7, 11) is 0. The number of allylic oxidation sites excluding steroid dienone is 1. The van der Waals surface area contributed by atoms with E-state index >= 15 is 0 Å². The van der Waals surface area contributed by atoms with Crippen molar-refractivity contribution in [1.82, 2.24) is 15.0 Å². The minimum Gasteiger partial charge on any atom is -0.352 e. The first-order valence-electron chi connectivity index (χ1n) is 9.51. The summed E-state index contributed by atoms with van der Waals surface area (Å²) < 4.78 is 0. The molecule has 0 amide bonds. The summed E-state index contributed by atoms with van der Waals surface area (Å²) in [5.41, 5.74) is 4.18. The molecule has 7 heteroatoms. The Hall–Kier alpha value is -2.47. The Bertz CT molecular complexity index is 934. The highest BCUT2D eigenvalue weighted by atomic mass is 35.5. The summed E-state index contributed by atoms with van der Waals surface area (Å²) in [4.78, 5) is 20.5. The van der Waals surface area contributed by atoms with Crippen LogP contribution in [0.5, 0.6) is 0 Å². The zero-order valence-electron chi connectivity index (χ0n) is 15.0. The van der Waals surface area contributed by atoms with E-state index in [0.29, 0.717) is 11.1 Å². The van der Waals surface area contributed by atoms with Gasteiger partial charge in [-0.3, -0.25) is 4.99 Å². The van der Waals surface area contributed by atoms with Gasteiger partial charge >= 0.3 is 0 Å². The third-order valence-corrected chi connectivity index (χ3v) is 5.45. The number of nitrogens with zero attached hydrogens (tertiary/aromatic N) is 5. The van der Waals surface area contributed by atoms with Gasteiger partial charge in [-0.15, -0.1) is 0 Å².